The number of aromatic nitrogens is 2. The summed E-state index contributed by atoms with van der Waals surface area (Å²) in [4.78, 5) is 38.1. The molecule has 0 amide bonds. The lowest BCUT2D eigenvalue weighted by molar-refractivity contribution is 0.0732. The number of carbonyl (C=O) groups excluding carboxylic acids is 1. The van der Waals surface area contributed by atoms with E-state index >= 15 is 0 Å². The maximum absolute atomic E-state index is 14.4. The molecule has 9 heteroatoms. The second-order valence-corrected chi connectivity index (χ2v) is 7.31. The van der Waals surface area contributed by atoms with Crippen molar-refractivity contribution in [3.05, 3.63) is 84.3 Å². The van der Waals surface area contributed by atoms with Crippen molar-refractivity contribution >= 4 is 40.1 Å². The largest absolute Gasteiger partial charge is 0.423 e. The third-order valence-electron chi connectivity index (χ3n) is 4.20. The minimum atomic E-state index is -0.951. The summed E-state index contributed by atoms with van der Waals surface area (Å²) < 4.78 is 22.4. The first-order chi connectivity index (χ1) is 13.8. The van der Waals surface area contributed by atoms with Gasteiger partial charge in [-0.15, -0.1) is 0 Å². The average molecular weight is 509 g/mol. The topological polar surface area (TPSA) is 82.3 Å². The van der Waals surface area contributed by atoms with Gasteiger partial charge in [0.2, 0.25) is 0 Å². The molecule has 3 rings (SSSR count). The number of benzene rings is 2. The number of ether oxygens (including phenoxy) is 1. The molecular formula is C20H17FIN3O4. The molecule has 0 fully saturated rings. The second-order valence-electron chi connectivity index (χ2n) is 6.07. The summed E-state index contributed by atoms with van der Waals surface area (Å²) in [6, 6.07) is 12.6. The number of hydrogen-bond acceptors (Lipinski definition) is 5. The van der Waals surface area contributed by atoms with Crippen LogP contribution in [0, 0.1) is 9.39 Å². The number of nitrogens with one attached hydrogen (secondary N) is 1. The molecule has 0 saturated heterocycles. The van der Waals surface area contributed by atoms with Gasteiger partial charge in [-0.1, -0.05) is 18.2 Å². The van der Waals surface area contributed by atoms with Gasteiger partial charge in [-0.05, 0) is 59.8 Å². The molecule has 1 N–H and O–H groups in total. The van der Waals surface area contributed by atoms with Crippen LogP contribution in [0.2, 0.25) is 0 Å². The number of rotatable bonds is 5. The van der Waals surface area contributed by atoms with E-state index in [1.54, 1.807) is 43.3 Å². The van der Waals surface area contributed by atoms with Crippen molar-refractivity contribution in [2.75, 3.05) is 5.32 Å². The molecule has 0 bridgehead atoms. The smallest absolute Gasteiger partial charge is 0.352 e. The number of nitrogens with zero attached hydrogens (tertiary/aromatic N) is 2. The van der Waals surface area contributed by atoms with Gasteiger partial charge in [-0.3, -0.25) is 13.9 Å². The Kier molecular flexibility index (Phi) is 6.16. The van der Waals surface area contributed by atoms with Crippen molar-refractivity contribution < 1.29 is 13.9 Å². The van der Waals surface area contributed by atoms with Crippen LogP contribution in [0.1, 0.15) is 17.3 Å². The molecule has 1 aromatic heterocycles. The van der Waals surface area contributed by atoms with Crippen LogP contribution in [-0.2, 0) is 13.6 Å². The summed E-state index contributed by atoms with van der Waals surface area (Å²) in [5, 5.41) is 2.73. The molecule has 1 heterocycles. The van der Waals surface area contributed by atoms with E-state index in [0.717, 1.165) is 4.57 Å². The Labute approximate surface area is 178 Å². The molecule has 29 heavy (non-hydrogen) atoms. The van der Waals surface area contributed by atoms with Crippen molar-refractivity contribution in [2.45, 2.75) is 13.5 Å². The molecule has 2 aromatic carbocycles. The van der Waals surface area contributed by atoms with Gasteiger partial charge >= 0.3 is 11.7 Å². The van der Waals surface area contributed by atoms with Gasteiger partial charge in [-0.25, -0.2) is 14.0 Å². The summed E-state index contributed by atoms with van der Waals surface area (Å²) in [6.45, 7) is 1.82. The Morgan fingerprint density at radius 2 is 1.86 bits per heavy atom. The number of hydrogen-bond donors (Lipinski definition) is 1. The zero-order chi connectivity index (χ0) is 21.1. The van der Waals surface area contributed by atoms with E-state index in [-0.39, 0.29) is 23.8 Å². The number of carbonyl (C=O) groups is 1. The summed E-state index contributed by atoms with van der Waals surface area (Å²) in [5.41, 5.74) is -1.85. The predicted molar refractivity (Wildman–Crippen MR) is 115 cm³/mol. The summed E-state index contributed by atoms with van der Waals surface area (Å²) in [5.74, 6) is -1.43. The van der Waals surface area contributed by atoms with E-state index in [2.05, 4.69) is 5.32 Å². The van der Waals surface area contributed by atoms with Gasteiger partial charge < -0.3 is 10.1 Å². The maximum Gasteiger partial charge on any atom is 0.352 e. The molecule has 0 unspecified atom stereocenters. The molecule has 3 aromatic rings. The van der Waals surface area contributed by atoms with Crippen LogP contribution in [0.25, 0.3) is 0 Å². The first kappa shape index (κ1) is 20.8. The Bertz CT molecular complexity index is 1190. The van der Waals surface area contributed by atoms with Gasteiger partial charge in [0.15, 0.2) is 5.56 Å². The Balaban J connectivity index is 2.18. The Morgan fingerprint density at radius 1 is 1.17 bits per heavy atom. The highest BCUT2D eigenvalue weighted by Crippen LogP contribution is 2.23. The van der Waals surface area contributed by atoms with E-state index in [0.29, 0.717) is 3.57 Å². The van der Waals surface area contributed by atoms with Gasteiger partial charge in [0, 0.05) is 17.2 Å². The standard InChI is InChI=1S/C20H17FIN3O4/c1-3-25-17(23-15-10-9-12(22)11-14(15)21)16(18(26)24(2)20(25)28)19(27)29-13-7-5-4-6-8-13/h4-11,23H,3H2,1-2H3. The average Bonchev–Trinajstić information content (AvgIpc) is 2.69. The van der Waals surface area contributed by atoms with Crippen LogP contribution in [-0.4, -0.2) is 15.1 Å². The minimum absolute atomic E-state index is 0.0223. The number of para-hydroxylation sites is 1. The number of anilines is 2. The van der Waals surface area contributed by atoms with E-state index < -0.39 is 28.6 Å². The van der Waals surface area contributed by atoms with Gasteiger partial charge in [0.1, 0.15) is 17.4 Å². The lowest BCUT2D eigenvalue weighted by Gasteiger charge is -2.18. The van der Waals surface area contributed by atoms with Gasteiger partial charge in [0.05, 0.1) is 5.69 Å². The third kappa shape index (κ3) is 4.24. The highest BCUT2D eigenvalue weighted by molar-refractivity contribution is 14.1. The molecule has 0 aliphatic carbocycles. The van der Waals surface area contributed by atoms with Gasteiger partial charge in [-0.2, -0.15) is 0 Å². The zero-order valence-corrected chi connectivity index (χ0v) is 17.8. The molecule has 0 radical (unpaired) electrons. The summed E-state index contributed by atoms with van der Waals surface area (Å²) in [7, 11) is 1.27. The SMILES string of the molecule is CCn1c(Nc2ccc(I)cc2F)c(C(=O)Oc2ccccc2)c(=O)n(C)c1=O. The fourth-order valence-electron chi connectivity index (χ4n) is 2.74. The molecule has 7 nitrogen and oxygen atoms in total. The second kappa shape index (κ2) is 8.60. The lowest BCUT2D eigenvalue weighted by atomic mass is 10.2. The zero-order valence-electron chi connectivity index (χ0n) is 15.6. The number of halogens is 2. The molecule has 0 spiro atoms. The molecule has 0 aliphatic heterocycles. The maximum atomic E-state index is 14.4. The Hall–Kier alpha value is -2.95. The fraction of sp³-hybridized carbons (Fsp3) is 0.150. The summed E-state index contributed by atoms with van der Waals surface area (Å²) in [6.07, 6.45) is 0. The van der Waals surface area contributed by atoms with Crippen molar-refractivity contribution in [3.63, 3.8) is 0 Å². The third-order valence-corrected chi connectivity index (χ3v) is 4.87. The molecule has 0 aliphatic rings. The monoisotopic (exact) mass is 509 g/mol. The van der Waals surface area contributed by atoms with Crippen molar-refractivity contribution in [2.24, 2.45) is 7.05 Å². The van der Waals surface area contributed by atoms with Crippen LogP contribution >= 0.6 is 22.6 Å². The van der Waals surface area contributed by atoms with Crippen LogP contribution < -0.4 is 21.3 Å². The molecule has 0 atom stereocenters. The van der Waals surface area contributed by atoms with Crippen molar-refractivity contribution in [3.8, 4) is 5.75 Å². The Morgan fingerprint density at radius 3 is 2.48 bits per heavy atom. The van der Waals surface area contributed by atoms with E-state index in [9.17, 15) is 18.8 Å². The van der Waals surface area contributed by atoms with Gasteiger partial charge in [0.25, 0.3) is 5.56 Å². The highest BCUT2D eigenvalue weighted by Gasteiger charge is 2.25. The van der Waals surface area contributed by atoms with E-state index in [4.69, 9.17) is 4.74 Å². The van der Waals surface area contributed by atoms with Crippen LogP contribution in [0.4, 0.5) is 15.9 Å². The minimum Gasteiger partial charge on any atom is -0.423 e. The fourth-order valence-corrected chi connectivity index (χ4v) is 3.19. The molecule has 0 saturated carbocycles. The number of esters is 1. The summed E-state index contributed by atoms with van der Waals surface area (Å²) >= 11 is 1.96. The van der Waals surface area contributed by atoms with Crippen molar-refractivity contribution in [1.29, 1.82) is 0 Å². The molecule has 150 valence electrons. The van der Waals surface area contributed by atoms with Crippen LogP contribution in [0.5, 0.6) is 5.75 Å². The highest BCUT2D eigenvalue weighted by atomic mass is 127. The first-order valence-corrected chi connectivity index (χ1v) is 9.74. The van der Waals surface area contributed by atoms with Crippen LogP contribution in [0.3, 0.4) is 0 Å². The normalized spacial score (nSPS) is 10.6. The van der Waals surface area contributed by atoms with E-state index in [1.807, 2.05) is 22.6 Å². The lowest BCUT2D eigenvalue weighted by Crippen LogP contribution is -2.42. The quantitative estimate of drug-likeness (QED) is 0.325. The van der Waals surface area contributed by atoms with Crippen LogP contribution in [0.15, 0.2) is 58.1 Å². The predicted octanol–water partition coefficient (Wildman–Crippen LogP) is 3.27. The first-order valence-electron chi connectivity index (χ1n) is 8.66. The van der Waals surface area contributed by atoms with E-state index in [1.165, 1.54) is 23.7 Å². The van der Waals surface area contributed by atoms with Crippen molar-refractivity contribution in [1.82, 2.24) is 9.13 Å². The molecular weight excluding hydrogens is 492 g/mol.